The van der Waals surface area contributed by atoms with Crippen molar-refractivity contribution in [2.45, 2.75) is 32.0 Å². The smallest absolute Gasteiger partial charge is 0.394 e. The molecule has 1 heterocycles. The molecule has 8 heteroatoms. The van der Waals surface area contributed by atoms with Crippen LogP contribution in [0.1, 0.15) is 13.8 Å². The summed E-state index contributed by atoms with van der Waals surface area (Å²) in [6, 6.07) is 0. The van der Waals surface area contributed by atoms with Gasteiger partial charge in [0.15, 0.2) is 0 Å². The maximum absolute atomic E-state index is 10.6. The molecule has 0 saturated carbocycles. The molecule has 0 saturated heterocycles. The molecule has 1 rings (SSSR count). The van der Waals surface area contributed by atoms with Crippen LogP contribution >= 0.6 is 0 Å². The monoisotopic (exact) mass is 258 g/mol. The number of hydrogen-bond donors (Lipinski definition) is 3. The van der Waals surface area contributed by atoms with E-state index < -0.39 is 16.6 Å². The zero-order valence-corrected chi connectivity index (χ0v) is 10.4. The predicted octanol–water partition coefficient (Wildman–Crippen LogP) is -0.487. The normalized spacial score (nSPS) is 13.6. The van der Waals surface area contributed by atoms with Gasteiger partial charge in [-0.2, -0.15) is 0 Å². The predicted molar refractivity (Wildman–Crippen MR) is 64.1 cm³/mol. The molecular formula is C10H18N4O4. The van der Waals surface area contributed by atoms with Gasteiger partial charge in [0.25, 0.3) is 0 Å². The summed E-state index contributed by atoms with van der Waals surface area (Å²) in [5.74, 6) is -0.296. The molecule has 0 fully saturated rings. The van der Waals surface area contributed by atoms with Crippen molar-refractivity contribution in [3.8, 4) is 0 Å². The van der Waals surface area contributed by atoms with E-state index in [1.54, 1.807) is 13.8 Å². The van der Waals surface area contributed by atoms with Crippen molar-refractivity contribution in [2.24, 2.45) is 0 Å². The van der Waals surface area contributed by atoms with E-state index in [9.17, 15) is 15.2 Å². The van der Waals surface area contributed by atoms with Gasteiger partial charge in [0, 0.05) is 12.1 Å². The van der Waals surface area contributed by atoms with Crippen LogP contribution in [0.3, 0.4) is 0 Å². The van der Waals surface area contributed by atoms with E-state index in [0.29, 0.717) is 0 Å². The number of aliphatic hydroxyl groups excluding tert-OH is 2. The van der Waals surface area contributed by atoms with E-state index in [-0.39, 0.29) is 25.6 Å². The largest absolute Gasteiger partial charge is 0.434 e. The van der Waals surface area contributed by atoms with Crippen molar-refractivity contribution in [2.75, 3.05) is 13.2 Å². The van der Waals surface area contributed by atoms with E-state index in [0.717, 1.165) is 0 Å². The molecule has 0 spiro atoms. The second kappa shape index (κ2) is 5.89. The lowest BCUT2D eigenvalue weighted by Gasteiger charge is -2.25. The Kier molecular flexibility index (Phi) is 4.76. The molecule has 1 aromatic heterocycles. The lowest BCUT2D eigenvalue weighted by molar-refractivity contribution is -0.397. The zero-order chi connectivity index (χ0) is 13.8. The maximum atomic E-state index is 10.6. The van der Waals surface area contributed by atoms with E-state index >= 15 is 0 Å². The van der Waals surface area contributed by atoms with Crippen molar-refractivity contribution in [1.82, 2.24) is 14.9 Å². The molecule has 1 unspecified atom stereocenters. The standard InChI is InChI=1S/C10H18N4O4/c1-10(2,7-15)12-5-8(16)6-13-4-3-11-9(13)14(17)18/h3-4,8,12,15-16H,5-7H2,1-2H3. The molecule has 1 aromatic rings. The summed E-state index contributed by atoms with van der Waals surface area (Å²) in [4.78, 5) is 13.6. The Balaban J connectivity index is 2.52. The fourth-order valence-corrected chi connectivity index (χ4v) is 1.36. The summed E-state index contributed by atoms with van der Waals surface area (Å²) in [7, 11) is 0. The van der Waals surface area contributed by atoms with Crippen LogP contribution in [0.25, 0.3) is 0 Å². The molecule has 0 radical (unpaired) electrons. The molecule has 3 N–H and O–H groups in total. The minimum Gasteiger partial charge on any atom is -0.394 e. The van der Waals surface area contributed by atoms with Crippen molar-refractivity contribution in [3.05, 3.63) is 22.5 Å². The minimum atomic E-state index is -0.802. The van der Waals surface area contributed by atoms with Gasteiger partial charge in [0.05, 0.1) is 19.3 Å². The molecular weight excluding hydrogens is 240 g/mol. The van der Waals surface area contributed by atoms with Crippen LogP contribution in [0.5, 0.6) is 0 Å². The molecule has 0 aliphatic rings. The van der Waals surface area contributed by atoms with Gasteiger partial charge in [0.1, 0.15) is 12.4 Å². The van der Waals surface area contributed by atoms with Crippen LogP contribution in [0.2, 0.25) is 0 Å². The second-order valence-corrected chi connectivity index (χ2v) is 4.71. The van der Waals surface area contributed by atoms with E-state index in [1.807, 2.05) is 0 Å². The van der Waals surface area contributed by atoms with Crippen LogP contribution in [-0.4, -0.2) is 49.5 Å². The van der Waals surface area contributed by atoms with E-state index in [2.05, 4.69) is 10.3 Å². The van der Waals surface area contributed by atoms with Crippen molar-refractivity contribution in [1.29, 1.82) is 0 Å². The zero-order valence-electron chi connectivity index (χ0n) is 10.4. The van der Waals surface area contributed by atoms with Crippen LogP contribution in [0, 0.1) is 10.1 Å². The first-order valence-corrected chi connectivity index (χ1v) is 5.55. The van der Waals surface area contributed by atoms with Crippen molar-refractivity contribution < 1.29 is 15.1 Å². The van der Waals surface area contributed by atoms with Crippen LogP contribution in [-0.2, 0) is 6.54 Å². The van der Waals surface area contributed by atoms with Crippen LogP contribution < -0.4 is 5.32 Å². The summed E-state index contributed by atoms with van der Waals surface area (Å²) in [6.07, 6.45) is 1.96. The third kappa shape index (κ3) is 4.06. The highest BCUT2D eigenvalue weighted by Gasteiger charge is 2.20. The molecule has 0 bridgehead atoms. The molecule has 0 amide bonds. The molecule has 1 atom stereocenters. The Morgan fingerprint density at radius 2 is 2.33 bits per heavy atom. The summed E-state index contributed by atoms with van der Waals surface area (Å²) in [6.45, 7) is 3.82. The van der Waals surface area contributed by atoms with Crippen LogP contribution in [0.4, 0.5) is 5.95 Å². The van der Waals surface area contributed by atoms with Gasteiger partial charge in [-0.15, -0.1) is 0 Å². The van der Waals surface area contributed by atoms with E-state index in [4.69, 9.17) is 5.11 Å². The third-order valence-corrected chi connectivity index (χ3v) is 2.48. The SMILES string of the molecule is CC(C)(CO)NCC(O)Cn1ccnc1[N+](=O)[O-]. The number of nitro groups is 1. The average molecular weight is 258 g/mol. The van der Waals surface area contributed by atoms with Gasteiger partial charge in [-0.3, -0.25) is 0 Å². The third-order valence-electron chi connectivity index (χ3n) is 2.48. The molecule has 18 heavy (non-hydrogen) atoms. The number of aromatic nitrogens is 2. The number of aliphatic hydroxyl groups is 2. The fourth-order valence-electron chi connectivity index (χ4n) is 1.36. The summed E-state index contributed by atoms with van der Waals surface area (Å²) >= 11 is 0. The Morgan fingerprint density at radius 3 is 2.89 bits per heavy atom. The number of hydrogen-bond acceptors (Lipinski definition) is 6. The summed E-state index contributed by atoms with van der Waals surface area (Å²) in [5.41, 5.74) is -0.498. The molecule has 8 nitrogen and oxygen atoms in total. The highest BCUT2D eigenvalue weighted by atomic mass is 16.6. The Labute approximate surface area is 104 Å². The lowest BCUT2D eigenvalue weighted by Crippen LogP contribution is -2.46. The molecule has 102 valence electrons. The lowest BCUT2D eigenvalue weighted by atomic mass is 10.1. The fraction of sp³-hybridized carbons (Fsp3) is 0.700. The molecule has 0 aromatic carbocycles. The number of rotatable bonds is 7. The second-order valence-electron chi connectivity index (χ2n) is 4.71. The quantitative estimate of drug-likeness (QED) is 0.449. The summed E-state index contributed by atoms with van der Waals surface area (Å²) in [5, 5.41) is 32.4. The molecule has 0 aliphatic carbocycles. The average Bonchev–Trinajstić information content (AvgIpc) is 2.75. The van der Waals surface area contributed by atoms with Gasteiger partial charge in [-0.05, 0) is 18.8 Å². The Bertz CT molecular complexity index is 404. The van der Waals surface area contributed by atoms with E-state index in [1.165, 1.54) is 17.0 Å². The highest BCUT2D eigenvalue weighted by Crippen LogP contribution is 2.08. The first-order chi connectivity index (χ1) is 8.35. The number of nitrogens with one attached hydrogen (secondary N) is 1. The number of nitrogens with zero attached hydrogens (tertiary/aromatic N) is 3. The van der Waals surface area contributed by atoms with Crippen molar-refractivity contribution >= 4 is 5.95 Å². The first kappa shape index (κ1) is 14.6. The van der Waals surface area contributed by atoms with Gasteiger partial charge in [-0.25, -0.2) is 4.57 Å². The Morgan fingerprint density at radius 1 is 1.67 bits per heavy atom. The van der Waals surface area contributed by atoms with Crippen LogP contribution in [0.15, 0.2) is 12.4 Å². The number of imidazole rings is 1. The van der Waals surface area contributed by atoms with Crippen molar-refractivity contribution in [3.63, 3.8) is 0 Å². The van der Waals surface area contributed by atoms with Gasteiger partial charge >= 0.3 is 5.95 Å². The van der Waals surface area contributed by atoms with Gasteiger partial charge < -0.3 is 25.6 Å². The summed E-state index contributed by atoms with van der Waals surface area (Å²) < 4.78 is 1.28. The number of β-amino-alcohol motifs (C(OH)–C–C–N with tert-alkyl or cyclic N) is 1. The minimum absolute atomic E-state index is 0.0645. The van der Waals surface area contributed by atoms with Gasteiger partial charge in [-0.1, -0.05) is 4.98 Å². The first-order valence-electron chi connectivity index (χ1n) is 5.55. The van der Waals surface area contributed by atoms with Gasteiger partial charge in [0.2, 0.25) is 0 Å². The molecule has 0 aliphatic heterocycles. The Hall–Kier alpha value is -1.51. The topological polar surface area (TPSA) is 113 Å². The maximum Gasteiger partial charge on any atom is 0.434 e. The highest BCUT2D eigenvalue weighted by molar-refractivity contribution is 5.06.